The van der Waals surface area contributed by atoms with E-state index < -0.39 is 0 Å². The van der Waals surface area contributed by atoms with Crippen LogP contribution >= 0.6 is 0 Å². The van der Waals surface area contributed by atoms with Gasteiger partial charge in [-0.3, -0.25) is 0 Å². The monoisotopic (exact) mass is 1100 g/mol. The van der Waals surface area contributed by atoms with Crippen molar-refractivity contribution in [2.75, 3.05) is 0 Å². The summed E-state index contributed by atoms with van der Waals surface area (Å²) in [6, 6.07) is 75.4. The Morgan fingerprint density at radius 2 is 0.818 bits per heavy atom. The van der Waals surface area contributed by atoms with E-state index >= 15 is 0 Å². The molecule has 12 heteroatoms. The topological polar surface area (TPSA) is 149 Å². The third kappa shape index (κ3) is 13.8. The van der Waals surface area contributed by atoms with Gasteiger partial charge in [0.25, 0.3) is 0 Å². The first-order valence-electron chi connectivity index (χ1n) is 23.9. The van der Waals surface area contributed by atoms with Gasteiger partial charge in [-0.15, -0.1) is 0 Å². The molecule has 0 aliphatic rings. The van der Waals surface area contributed by atoms with Crippen molar-refractivity contribution in [3.63, 3.8) is 0 Å². The SMILES string of the molecule is Cc1cc2ccccc2c(-c2cccc[nH+]2)c1[O-].[Cs+].[Li+].[Li+].[Li+].[O-]c1ccccc1-c1[nH+]c2ccccc2c2ccccc12.[O-]c1ccccc1-c1[nH+]ccc2ccccc12.[O-]c1ccccc1-c1ccc2ccccc2[nH+]1. The number of pyridine rings is 4. The zero-order chi connectivity index (χ0) is 50.1. The van der Waals surface area contributed by atoms with Gasteiger partial charge in [-0.1, -0.05) is 174 Å². The fourth-order valence-electron chi connectivity index (χ4n) is 9.16. The van der Waals surface area contributed by atoms with E-state index in [4.69, 9.17) is 0 Å². The molecule has 0 amide bonds. The molecule has 0 unspecified atom stereocenters. The van der Waals surface area contributed by atoms with E-state index in [1.807, 2.05) is 201 Å². The summed E-state index contributed by atoms with van der Waals surface area (Å²) in [6.45, 7) is 1.86. The second kappa shape index (κ2) is 28.5. The molecule has 0 atom stereocenters. The maximum Gasteiger partial charge on any atom is 1.00 e. The van der Waals surface area contributed by atoms with Gasteiger partial charge in [0.2, 0.25) is 33.8 Å². The van der Waals surface area contributed by atoms with Crippen LogP contribution in [0.2, 0.25) is 0 Å². The Balaban J connectivity index is 0.000000164. The smallest absolute Gasteiger partial charge is 0.872 e. The average Bonchev–Trinajstić information content (AvgIpc) is 3.47. The second-order valence-electron chi connectivity index (χ2n) is 17.4. The van der Waals surface area contributed by atoms with Crippen LogP contribution in [0.25, 0.3) is 99.2 Å². The number of fused-ring (bicyclic) bond motifs is 6. The quantitative estimate of drug-likeness (QED) is 0.165. The molecule has 0 spiro atoms. The molecule has 9 aromatic carbocycles. The number of nitrogens with one attached hydrogen (secondary N) is 4. The summed E-state index contributed by atoms with van der Waals surface area (Å²) < 4.78 is 0. The number of aromatic amines is 4. The Hall–Kier alpha value is -6.08. The molecule has 0 saturated heterocycles. The first-order valence-corrected chi connectivity index (χ1v) is 23.9. The van der Waals surface area contributed by atoms with Crippen molar-refractivity contribution in [3.8, 4) is 68.0 Å². The van der Waals surface area contributed by atoms with Crippen LogP contribution in [0.5, 0.6) is 23.0 Å². The Bertz CT molecular complexity index is 4080. The average molecular weight is 1100 g/mol. The molecule has 4 aromatic heterocycles. The third-order valence-corrected chi connectivity index (χ3v) is 12.7. The van der Waals surface area contributed by atoms with Gasteiger partial charge in [0, 0.05) is 69.4 Å². The molecule has 0 aliphatic carbocycles. The zero-order valence-corrected chi connectivity index (χ0v) is 50.1. The fourth-order valence-corrected chi connectivity index (χ4v) is 9.16. The molecular weight excluding hydrogens is 1050 g/mol. The molecular formula is C65H48CsLi3N4O4+4. The molecule has 0 fully saturated rings. The molecule has 4 N–H and O–H groups in total. The van der Waals surface area contributed by atoms with Gasteiger partial charge in [0.15, 0.2) is 12.4 Å². The molecule has 352 valence electrons. The summed E-state index contributed by atoms with van der Waals surface area (Å²) in [5.74, 6) is 0.212. The van der Waals surface area contributed by atoms with Crippen LogP contribution < -0.4 is 166 Å². The maximum absolute atomic E-state index is 12.4. The summed E-state index contributed by atoms with van der Waals surface area (Å²) in [4.78, 5) is 13.0. The fraction of sp³-hybridized carbons (Fsp3) is 0.0154. The molecule has 13 aromatic rings. The normalized spacial score (nSPS) is 10.2. The van der Waals surface area contributed by atoms with E-state index in [1.54, 1.807) is 36.4 Å². The molecule has 13 rings (SSSR count). The van der Waals surface area contributed by atoms with Crippen molar-refractivity contribution in [1.82, 2.24) is 0 Å². The Labute approximate surface area is 542 Å². The number of H-pyrrole nitrogens is 4. The summed E-state index contributed by atoms with van der Waals surface area (Å²) >= 11 is 0. The van der Waals surface area contributed by atoms with Gasteiger partial charge in [-0.05, 0) is 77.7 Å². The van der Waals surface area contributed by atoms with E-state index in [2.05, 4.69) is 38.1 Å². The maximum atomic E-state index is 12.4. The van der Waals surface area contributed by atoms with Crippen LogP contribution in [0.3, 0.4) is 0 Å². The van der Waals surface area contributed by atoms with Crippen molar-refractivity contribution in [2.45, 2.75) is 6.92 Å². The van der Waals surface area contributed by atoms with Gasteiger partial charge in [-0.25, -0.2) is 19.9 Å². The molecule has 0 aliphatic heterocycles. The third-order valence-electron chi connectivity index (χ3n) is 12.7. The first-order chi connectivity index (χ1) is 35.8. The van der Waals surface area contributed by atoms with E-state index in [1.165, 1.54) is 5.39 Å². The molecule has 0 radical (unpaired) electrons. The minimum atomic E-state index is 0. The van der Waals surface area contributed by atoms with E-state index in [0.29, 0.717) is 16.7 Å². The molecule has 4 heterocycles. The van der Waals surface area contributed by atoms with Crippen LogP contribution in [0.4, 0.5) is 0 Å². The van der Waals surface area contributed by atoms with Crippen LogP contribution in [-0.2, 0) is 0 Å². The van der Waals surface area contributed by atoms with Crippen molar-refractivity contribution in [2.24, 2.45) is 0 Å². The number of hydrogen-bond acceptors (Lipinski definition) is 4. The molecule has 8 nitrogen and oxygen atoms in total. The number of para-hydroxylation sites is 5. The molecule has 0 bridgehead atoms. The summed E-state index contributed by atoms with van der Waals surface area (Å²) in [7, 11) is 0. The van der Waals surface area contributed by atoms with Gasteiger partial charge >= 0.3 is 125 Å². The molecule has 0 saturated carbocycles. The minimum Gasteiger partial charge on any atom is -0.872 e. The van der Waals surface area contributed by atoms with Crippen molar-refractivity contribution in [1.29, 1.82) is 0 Å². The number of aromatic nitrogens is 4. The van der Waals surface area contributed by atoms with Gasteiger partial charge in [0.1, 0.15) is 0 Å². The molecule has 77 heavy (non-hydrogen) atoms. The largest absolute Gasteiger partial charge is 1.00 e. The predicted molar refractivity (Wildman–Crippen MR) is 284 cm³/mol. The van der Waals surface area contributed by atoms with Gasteiger partial charge < -0.3 is 20.4 Å². The van der Waals surface area contributed by atoms with Crippen molar-refractivity contribution < 1.29 is 166 Å². The second-order valence-corrected chi connectivity index (χ2v) is 17.4. The van der Waals surface area contributed by atoms with E-state index in [9.17, 15) is 20.4 Å². The number of benzene rings is 9. The first kappa shape index (κ1) is 60.2. The number of aryl methyl sites for hydroxylation is 1. The summed E-state index contributed by atoms with van der Waals surface area (Å²) in [6.07, 6.45) is 3.70. The minimum absolute atomic E-state index is 0. The van der Waals surface area contributed by atoms with Gasteiger partial charge in [-0.2, -0.15) is 0 Å². The summed E-state index contributed by atoms with van der Waals surface area (Å²) in [5.41, 5.74) is 9.22. The standard InChI is InChI=1S/C19H13NO.C16H13NO.2C15H11NO.Cs.3Li/c21-18-12-6-4-10-16(18)19-15-9-2-1-7-13(15)14-8-3-5-11-17(14)20-19;1-11-10-12-6-2-3-7-13(12)15(16(11)18)14-8-4-5-9-17-14;17-15-8-4-2-6-12(15)14-10-9-11-5-1-3-7-13(11)16-14;17-14-8-4-3-7-13(14)15-12-6-2-1-5-11(12)9-10-16-15;;;;/h1-12,21H;2-10,18H,1H3;2*1-10,17H;;;;/q;;;;4*+1. The van der Waals surface area contributed by atoms with Gasteiger partial charge in [0.05, 0.1) is 16.2 Å². The van der Waals surface area contributed by atoms with E-state index in [0.717, 1.165) is 82.6 Å². The summed E-state index contributed by atoms with van der Waals surface area (Å²) in [5, 5.41) is 56.9. The van der Waals surface area contributed by atoms with Crippen molar-refractivity contribution >= 4 is 54.1 Å². The Morgan fingerprint density at radius 1 is 0.325 bits per heavy atom. The van der Waals surface area contributed by atoms with Crippen LogP contribution in [0, 0.1) is 6.92 Å². The number of hydrogen-bond donors (Lipinski definition) is 0. The Morgan fingerprint density at radius 3 is 1.45 bits per heavy atom. The zero-order valence-electron chi connectivity index (χ0n) is 43.8. The Kier molecular flexibility index (Phi) is 22.3. The van der Waals surface area contributed by atoms with Crippen LogP contribution in [0.15, 0.2) is 249 Å². The van der Waals surface area contributed by atoms with Crippen molar-refractivity contribution in [3.05, 3.63) is 255 Å². The number of rotatable bonds is 4. The van der Waals surface area contributed by atoms with E-state index in [-0.39, 0.29) is 148 Å². The predicted octanol–water partition coefficient (Wildman–Crippen LogP) is -0.944. The van der Waals surface area contributed by atoms with Crippen LogP contribution in [-0.4, -0.2) is 0 Å². The van der Waals surface area contributed by atoms with Crippen LogP contribution in [0.1, 0.15) is 5.56 Å².